The normalized spacial score (nSPS) is 35.9. The van der Waals surface area contributed by atoms with E-state index >= 15 is 0 Å². The van der Waals surface area contributed by atoms with E-state index in [1.807, 2.05) is 0 Å². The molecule has 8 nitrogen and oxygen atoms in total. The number of nitrogen functional groups attached to an aromatic ring is 1. The van der Waals surface area contributed by atoms with Crippen molar-refractivity contribution in [3.63, 3.8) is 0 Å². The van der Waals surface area contributed by atoms with Crippen molar-refractivity contribution in [2.45, 2.75) is 31.0 Å². The zero-order chi connectivity index (χ0) is 13.5. The third-order valence-corrected chi connectivity index (χ3v) is 3.13. The molecule has 4 atom stereocenters. The Kier molecular flexibility index (Phi) is 3.11. The summed E-state index contributed by atoms with van der Waals surface area (Å²) in [5.74, 6) is 0.0478. The van der Waals surface area contributed by atoms with Crippen LogP contribution in [0.1, 0.15) is 6.92 Å². The van der Waals surface area contributed by atoms with Crippen LogP contribution in [0.15, 0.2) is 17.1 Å². The fourth-order valence-corrected chi connectivity index (χ4v) is 2.06. The van der Waals surface area contributed by atoms with Crippen LogP contribution in [0.5, 0.6) is 0 Å². The summed E-state index contributed by atoms with van der Waals surface area (Å²) in [6.07, 6.45) is -2.29. The third-order valence-electron chi connectivity index (χ3n) is 3.13. The zero-order valence-corrected chi connectivity index (χ0v) is 9.72. The average Bonchev–Trinajstić information content (AvgIpc) is 2.54. The first kappa shape index (κ1) is 13.0. The van der Waals surface area contributed by atoms with Crippen molar-refractivity contribution >= 4 is 5.82 Å². The summed E-state index contributed by atoms with van der Waals surface area (Å²) < 4.78 is 6.40. The first-order valence-electron chi connectivity index (χ1n) is 5.40. The van der Waals surface area contributed by atoms with Crippen molar-refractivity contribution in [1.29, 1.82) is 0 Å². The van der Waals surface area contributed by atoms with Crippen LogP contribution >= 0.6 is 0 Å². The van der Waals surface area contributed by atoms with Gasteiger partial charge in [-0.05, 0) is 13.0 Å². The molecule has 0 saturated carbocycles. The lowest BCUT2D eigenvalue weighted by Crippen LogP contribution is -2.48. The highest BCUT2D eigenvalue weighted by molar-refractivity contribution is 5.24. The Balaban J connectivity index is 2.46. The third kappa shape index (κ3) is 1.79. The van der Waals surface area contributed by atoms with Crippen molar-refractivity contribution in [1.82, 2.24) is 9.55 Å². The highest BCUT2D eigenvalue weighted by atomic mass is 16.6. The Morgan fingerprint density at radius 3 is 2.78 bits per heavy atom. The van der Waals surface area contributed by atoms with E-state index in [2.05, 4.69) is 4.98 Å². The average molecular weight is 257 g/mol. The second-order valence-electron chi connectivity index (χ2n) is 4.33. The van der Waals surface area contributed by atoms with Gasteiger partial charge in [0.15, 0.2) is 5.72 Å². The minimum Gasteiger partial charge on any atom is -0.394 e. The van der Waals surface area contributed by atoms with E-state index in [1.54, 1.807) is 0 Å². The minimum absolute atomic E-state index is 0.0478. The molecule has 1 aliphatic rings. The number of aliphatic hydroxyl groups is 3. The molecule has 8 heteroatoms. The van der Waals surface area contributed by atoms with Crippen molar-refractivity contribution < 1.29 is 20.1 Å². The standard InChI is InChI=1S/C10H15N3O5/c1-10(8(16)7(15)5(4-14)18-10)13-3-2-6(11)12-9(13)17/h2-3,5,7-8,14-16H,4H2,1H3,(H2,11,12,17)/t5-,7?,8?,10-/m1/s1. The maximum Gasteiger partial charge on any atom is 0.351 e. The molecule has 100 valence electrons. The van der Waals surface area contributed by atoms with Crippen molar-refractivity contribution in [2.75, 3.05) is 12.3 Å². The molecule has 0 amide bonds. The van der Waals surface area contributed by atoms with E-state index in [-0.39, 0.29) is 5.82 Å². The Morgan fingerprint density at radius 2 is 2.28 bits per heavy atom. The van der Waals surface area contributed by atoms with Gasteiger partial charge in [0.05, 0.1) is 6.61 Å². The van der Waals surface area contributed by atoms with Crippen molar-refractivity contribution in [3.05, 3.63) is 22.7 Å². The van der Waals surface area contributed by atoms with Gasteiger partial charge in [-0.25, -0.2) is 4.79 Å². The van der Waals surface area contributed by atoms with Crippen molar-refractivity contribution in [2.24, 2.45) is 0 Å². The quantitative estimate of drug-likeness (QED) is 0.465. The predicted octanol–water partition coefficient (Wildman–Crippen LogP) is -2.39. The summed E-state index contributed by atoms with van der Waals surface area (Å²) in [5, 5.41) is 28.7. The van der Waals surface area contributed by atoms with Gasteiger partial charge >= 0.3 is 5.69 Å². The van der Waals surface area contributed by atoms with E-state index in [9.17, 15) is 15.0 Å². The van der Waals surface area contributed by atoms with Crippen LogP contribution in [0, 0.1) is 0 Å². The van der Waals surface area contributed by atoms with Gasteiger partial charge in [0.25, 0.3) is 0 Å². The molecule has 2 unspecified atom stereocenters. The van der Waals surface area contributed by atoms with Gasteiger partial charge in [-0.15, -0.1) is 0 Å². The topological polar surface area (TPSA) is 131 Å². The number of nitrogens with two attached hydrogens (primary N) is 1. The summed E-state index contributed by atoms with van der Waals surface area (Å²) in [5.41, 5.74) is 3.17. The SMILES string of the molecule is C[C@@]1(n2ccc(N)nc2=O)O[C@H](CO)C(O)C1O. The zero-order valence-electron chi connectivity index (χ0n) is 9.72. The number of nitrogens with zero attached hydrogens (tertiary/aromatic N) is 2. The Bertz CT molecular complexity index is 505. The second kappa shape index (κ2) is 4.32. The second-order valence-corrected chi connectivity index (χ2v) is 4.33. The van der Waals surface area contributed by atoms with Crippen LogP contribution in [0.25, 0.3) is 0 Å². The number of ether oxygens (including phenoxy) is 1. The van der Waals surface area contributed by atoms with Gasteiger partial charge in [0.2, 0.25) is 0 Å². The lowest BCUT2D eigenvalue weighted by molar-refractivity contribution is -0.137. The maximum atomic E-state index is 11.7. The van der Waals surface area contributed by atoms with Crippen LogP contribution in [-0.4, -0.2) is 49.8 Å². The van der Waals surface area contributed by atoms with E-state index in [1.165, 1.54) is 19.2 Å². The maximum absolute atomic E-state index is 11.7. The smallest absolute Gasteiger partial charge is 0.351 e. The molecule has 1 aromatic rings. The van der Waals surface area contributed by atoms with Gasteiger partial charge in [-0.1, -0.05) is 0 Å². The molecule has 0 aliphatic carbocycles. The van der Waals surface area contributed by atoms with Gasteiger partial charge < -0.3 is 25.8 Å². The number of rotatable bonds is 2. The highest BCUT2D eigenvalue weighted by Crippen LogP contribution is 2.34. The molecule has 1 fully saturated rings. The molecule has 1 saturated heterocycles. The van der Waals surface area contributed by atoms with Crippen LogP contribution < -0.4 is 11.4 Å². The molecular weight excluding hydrogens is 242 g/mol. The van der Waals surface area contributed by atoms with Crippen LogP contribution in [0.2, 0.25) is 0 Å². The molecule has 1 aromatic heterocycles. The summed E-state index contributed by atoms with van der Waals surface area (Å²) in [7, 11) is 0. The molecule has 2 rings (SSSR count). The molecular formula is C10H15N3O5. The molecule has 0 spiro atoms. The lowest BCUT2D eigenvalue weighted by atomic mass is 10.0. The number of anilines is 1. The van der Waals surface area contributed by atoms with Gasteiger partial charge in [-0.3, -0.25) is 4.57 Å². The van der Waals surface area contributed by atoms with E-state index in [0.29, 0.717) is 0 Å². The summed E-state index contributed by atoms with van der Waals surface area (Å²) in [6, 6.07) is 1.38. The van der Waals surface area contributed by atoms with Crippen LogP contribution in [-0.2, 0) is 10.5 Å². The van der Waals surface area contributed by atoms with E-state index < -0.39 is 36.3 Å². The van der Waals surface area contributed by atoms with Crippen LogP contribution in [0.3, 0.4) is 0 Å². The molecule has 0 aromatic carbocycles. The number of aromatic nitrogens is 2. The molecule has 0 radical (unpaired) electrons. The lowest BCUT2D eigenvalue weighted by Gasteiger charge is -2.29. The molecule has 1 aliphatic heterocycles. The molecule has 18 heavy (non-hydrogen) atoms. The Labute approximate surface area is 102 Å². The van der Waals surface area contributed by atoms with E-state index in [0.717, 1.165) is 4.57 Å². The number of aliphatic hydroxyl groups excluding tert-OH is 3. The van der Waals surface area contributed by atoms with E-state index in [4.69, 9.17) is 15.6 Å². The fourth-order valence-electron chi connectivity index (χ4n) is 2.06. The Morgan fingerprint density at radius 1 is 1.61 bits per heavy atom. The van der Waals surface area contributed by atoms with Gasteiger partial charge in [-0.2, -0.15) is 4.98 Å². The predicted molar refractivity (Wildman–Crippen MR) is 60.5 cm³/mol. The minimum atomic E-state index is -1.50. The first-order valence-corrected chi connectivity index (χ1v) is 5.40. The largest absolute Gasteiger partial charge is 0.394 e. The number of hydrogen-bond donors (Lipinski definition) is 4. The van der Waals surface area contributed by atoms with Crippen molar-refractivity contribution in [3.8, 4) is 0 Å². The fraction of sp³-hybridized carbons (Fsp3) is 0.600. The molecule has 5 N–H and O–H groups in total. The highest BCUT2D eigenvalue weighted by Gasteiger charge is 2.52. The Hall–Kier alpha value is -1.48. The summed E-state index contributed by atoms with van der Waals surface area (Å²) in [6.45, 7) is 0.959. The summed E-state index contributed by atoms with van der Waals surface area (Å²) >= 11 is 0. The van der Waals surface area contributed by atoms with Gasteiger partial charge in [0.1, 0.15) is 24.1 Å². The summed E-state index contributed by atoms with van der Waals surface area (Å²) in [4.78, 5) is 15.2. The molecule has 2 heterocycles. The molecule has 0 bridgehead atoms. The monoisotopic (exact) mass is 257 g/mol. The van der Waals surface area contributed by atoms with Crippen LogP contribution in [0.4, 0.5) is 5.82 Å². The van der Waals surface area contributed by atoms with Gasteiger partial charge in [0, 0.05) is 6.20 Å². The first-order chi connectivity index (χ1) is 8.40. The number of hydrogen-bond acceptors (Lipinski definition) is 7.